The molecule has 1 aromatic heterocycles. The smallest absolute Gasteiger partial charge is 0.295 e. The summed E-state index contributed by atoms with van der Waals surface area (Å²) in [7, 11) is 3.11. The maximum atomic E-state index is 13.2. The lowest BCUT2D eigenvalue weighted by Crippen LogP contribution is -2.31. The molecular weight excluding hydrogens is 434 g/mol. The van der Waals surface area contributed by atoms with E-state index in [4.69, 9.17) is 13.9 Å². The topological polar surface area (TPSA) is 89.2 Å². The Morgan fingerprint density at radius 2 is 1.79 bits per heavy atom. The number of rotatable bonds is 7. The molecule has 2 aromatic carbocycles. The zero-order chi connectivity index (χ0) is 24.4. The summed E-state index contributed by atoms with van der Waals surface area (Å²) in [6.45, 7) is 4.02. The second-order valence-electron chi connectivity index (χ2n) is 8.27. The van der Waals surface area contributed by atoms with E-state index in [1.54, 1.807) is 25.3 Å². The van der Waals surface area contributed by atoms with Crippen molar-refractivity contribution in [2.45, 2.75) is 26.3 Å². The van der Waals surface area contributed by atoms with Crippen LogP contribution in [0.5, 0.6) is 11.5 Å². The highest BCUT2D eigenvalue weighted by molar-refractivity contribution is 6.46. The van der Waals surface area contributed by atoms with E-state index in [0.29, 0.717) is 23.5 Å². The molecule has 1 atom stereocenters. The maximum absolute atomic E-state index is 13.2. The largest absolute Gasteiger partial charge is 0.507 e. The molecule has 176 valence electrons. The number of ether oxygens (including phenoxy) is 2. The standard InChI is InChI=1S/C27H27NO6/c1-16-14-17(2)26(33-4)20(15-16)24(29)22-23(21-6-5-13-34-21)28(27(31)25(22)30)12-11-18-7-9-19(32-3)10-8-18/h5-10,13-15,23,29H,11-12H2,1-4H3/b24-22-. The lowest BCUT2D eigenvalue weighted by Gasteiger charge is -2.23. The summed E-state index contributed by atoms with van der Waals surface area (Å²) in [6.07, 6.45) is 2.00. The molecule has 1 aliphatic heterocycles. The Bertz CT molecular complexity index is 1240. The number of aliphatic hydroxyl groups is 1. The van der Waals surface area contributed by atoms with Gasteiger partial charge >= 0.3 is 0 Å². The predicted molar refractivity (Wildman–Crippen MR) is 127 cm³/mol. The summed E-state index contributed by atoms with van der Waals surface area (Å²) in [6, 6.07) is 13.7. The molecule has 0 radical (unpaired) electrons. The van der Waals surface area contributed by atoms with Gasteiger partial charge in [-0.25, -0.2) is 0 Å². The highest BCUT2D eigenvalue weighted by Crippen LogP contribution is 2.42. The molecule has 1 unspecified atom stereocenters. The van der Waals surface area contributed by atoms with E-state index in [9.17, 15) is 14.7 Å². The fourth-order valence-corrected chi connectivity index (χ4v) is 4.44. The number of benzene rings is 2. The number of carbonyl (C=O) groups is 2. The SMILES string of the molecule is COc1ccc(CCN2C(=O)C(=O)/C(=C(\O)c3cc(C)cc(C)c3OC)C2c2ccco2)cc1. The molecule has 0 bridgehead atoms. The van der Waals surface area contributed by atoms with Crippen LogP contribution in [0.15, 0.2) is 64.8 Å². The first-order valence-electron chi connectivity index (χ1n) is 11.0. The van der Waals surface area contributed by atoms with Gasteiger partial charge in [0.15, 0.2) is 0 Å². The van der Waals surface area contributed by atoms with Gasteiger partial charge in [-0.1, -0.05) is 18.2 Å². The Balaban J connectivity index is 1.77. The first-order valence-corrected chi connectivity index (χ1v) is 11.0. The maximum Gasteiger partial charge on any atom is 0.295 e. The van der Waals surface area contributed by atoms with Crippen LogP contribution in [-0.4, -0.2) is 42.5 Å². The number of furan rings is 1. The van der Waals surface area contributed by atoms with Crippen LogP contribution in [0.2, 0.25) is 0 Å². The summed E-state index contributed by atoms with van der Waals surface area (Å²) in [4.78, 5) is 27.7. The van der Waals surface area contributed by atoms with Crippen molar-refractivity contribution in [1.82, 2.24) is 4.90 Å². The number of hydrogen-bond donors (Lipinski definition) is 1. The molecule has 1 N–H and O–H groups in total. The number of aliphatic hydroxyl groups excluding tert-OH is 1. The van der Waals surface area contributed by atoms with Gasteiger partial charge in [-0.2, -0.15) is 0 Å². The summed E-state index contributed by atoms with van der Waals surface area (Å²) < 4.78 is 16.3. The van der Waals surface area contributed by atoms with Crippen LogP contribution in [-0.2, 0) is 16.0 Å². The lowest BCUT2D eigenvalue weighted by molar-refractivity contribution is -0.140. The first-order chi connectivity index (χ1) is 16.3. The second-order valence-corrected chi connectivity index (χ2v) is 8.27. The molecule has 7 nitrogen and oxygen atoms in total. The van der Waals surface area contributed by atoms with Gasteiger partial charge in [-0.15, -0.1) is 0 Å². The molecule has 7 heteroatoms. The average Bonchev–Trinajstić information content (AvgIpc) is 3.44. The molecule has 0 aliphatic carbocycles. The molecule has 1 saturated heterocycles. The Morgan fingerprint density at radius 3 is 2.41 bits per heavy atom. The van der Waals surface area contributed by atoms with Crippen molar-refractivity contribution < 1.29 is 28.6 Å². The number of amides is 1. The summed E-state index contributed by atoms with van der Waals surface area (Å²) >= 11 is 0. The molecular formula is C27H27NO6. The van der Waals surface area contributed by atoms with Gasteiger partial charge in [0.1, 0.15) is 29.1 Å². The Morgan fingerprint density at radius 1 is 1.06 bits per heavy atom. The molecule has 1 fully saturated rings. The molecule has 1 amide bonds. The van der Waals surface area contributed by atoms with E-state index < -0.39 is 17.7 Å². The number of aryl methyl sites for hydroxylation is 2. The fourth-order valence-electron chi connectivity index (χ4n) is 4.44. The van der Waals surface area contributed by atoms with Crippen molar-refractivity contribution in [3.63, 3.8) is 0 Å². The second kappa shape index (κ2) is 9.47. The highest BCUT2D eigenvalue weighted by Gasteiger charge is 2.47. The van der Waals surface area contributed by atoms with Crippen molar-refractivity contribution in [3.8, 4) is 11.5 Å². The van der Waals surface area contributed by atoms with E-state index in [0.717, 1.165) is 22.4 Å². The Kier molecular flexibility index (Phi) is 6.45. The van der Waals surface area contributed by atoms with Gasteiger partial charge in [-0.05, 0) is 67.3 Å². The van der Waals surface area contributed by atoms with E-state index in [1.807, 2.05) is 44.2 Å². The van der Waals surface area contributed by atoms with E-state index in [1.165, 1.54) is 18.3 Å². The van der Waals surface area contributed by atoms with Gasteiger partial charge in [0, 0.05) is 6.54 Å². The van der Waals surface area contributed by atoms with Crippen LogP contribution >= 0.6 is 0 Å². The van der Waals surface area contributed by atoms with Crippen molar-refractivity contribution in [1.29, 1.82) is 0 Å². The van der Waals surface area contributed by atoms with Gasteiger partial charge in [0.2, 0.25) is 0 Å². The summed E-state index contributed by atoms with van der Waals surface area (Å²) in [5.74, 6) is -0.128. The number of methoxy groups -OCH3 is 2. The van der Waals surface area contributed by atoms with Crippen LogP contribution < -0.4 is 9.47 Å². The highest BCUT2D eigenvalue weighted by atomic mass is 16.5. The van der Waals surface area contributed by atoms with Gasteiger partial charge < -0.3 is 23.9 Å². The monoisotopic (exact) mass is 461 g/mol. The van der Waals surface area contributed by atoms with Gasteiger partial charge in [0.05, 0.1) is 31.6 Å². The van der Waals surface area contributed by atoms with Crippen molar-refractivity contribution >= 4 is 17.4 Å². The third-order valence-corrected chi connectivity index (χ3v) is 6.03. The molecule has 34 heavy (non-hydrogen) atoms. The number of likely N-dealkylation sites (tertiary alicyclic amines) is 1. The van der Waals surface area contributed by atoms with Crippen LogP contribution in [0.25, 0.3) is 5.76 Å². The summed E-state index contributed by atoms with van der Waals surface area (Å²) in [5.41, 5.74) is 3.04. The van der Waals surface area contributed by atoms with Crippen molar-refractivity contribution in [2.75, 3.05) is 20.8 Å². The van der Waals surface area contributed by atoms with Crippen LogP contribution in [0.4, 0.5) is 0 Å². The fraction of sp³-hybridized carbons (Fsp3) is 0.259. The zero-order valence-corrected chi connectivity index (χ0v) is 19.6. The first kappa shape index (κ1) is 23.2. The number of nitrogens with zero attached hydrogens (tertiary/aromatic N) is 1. The normalized spacial score (nSPS) is 17.3. The minimum atomic E-state index is -0.848. The molecule has 2 heterocycles. The average molecular weight is 462 g/mol. The number of Topliss-reactive ketones (excluding diaryl/α,β-unsaturated/α-hetero) is 1. The molecule has 3 aromatic rings. The minimum absolute atomic E-state index is 0.0158. The van der Waals surface area contributed by atoms with E-state index >= 15 is 0 Å². The van der Waals surface area contributed by atoms with Crippen LogP contribution in [0, 0.1) is 13.8 Å². The quantitative estimate of drug-likeness (QED) is 0.315. The zero-order valence-electron chi connectivity index (χ0n) is 19.6. The summed E-state index contributed by atoms with van der Waals surface area (Å²) in [5, 5.41) is 11.3. The lowest BCUT2D eigenvalue weighted by atomic mass is 9.96. The van der Waals surface area contributed by atoms with Crippen molar-refractivity contribution in [2.24, 2.45) is 0 Å². The molecule has 0 spiro atoms. The number of ketones is 1. The van der Waals surface area contributed by atoms with Crippen LogP contribution in [0.3, 0.4) is 0 Å². The third-order valence-electron chi connectivity index (χ3n) is 6.03. The van der Waals surface area contributed by atoms with E-state index in [-0.39, 0.29) is 17.9 Å². The van der Waals surface area contributed by atoms with Crippen LogP contribution in [0.1, 0.15) is 34.1 Å². The molecule has 1 aliphatic rings. The van der Waals surface area contributed by atoms with Gasteiger partial charge in [0.25, 0.3) is 11.7 Å². The Labute approximate surface area is 198 Å². The number of carbonyl (C=O) groups excluding carboxylic acids is 2. The van der Waals surface area contributed by atoms with E-state index in [2.05, 4.69) is 0 Å². The number of hydrogen-bond acceptors (Lipinski definition) is 6. The molecule has 0 saturated carbocycles. The predicted octanol–water partition coefficient (Wildman–Crippen LogP) is 4.58. The molecule has 4 rings (SSSR count). The minimum Gasteiger partial charge on any atom is -0.507 e. The Hall–Kier alpha value is -4.00. The van der Waals surface area contributed by atoms with Gasteiger partial charge in [-0.3, -0.25) is 9.59 Å². The van der Waals surface area contributed by atoms with Crippen molar-refractivity contribution in [3.05, 3.63) is 88.4 Å². The third kappa shape index (κ3) is 4.17.